The Morgan fingerprint density at radius 2 is 1.79 bits per heavy atom. The van der Waals surface area contributed by atoms with Crippen LogP contribution in [0.2, 0.25) is 0 Å². The molecule has 3 fully saturated rings. The lowest BCUT2D eigenvalue weighted by molar-refractivity contribution is -0.144. The van der Waals surface area contributed by atoms with Crippen molar-refractivity contribution in [3.8, 4) is 39.7 Å². The van der Waals surface area contributed by atoms with Crippen molar-refractivity contribution in [1.82, 2.24) is 65.3 Å². The molecule has 1 aromatic carbocycles. The number of aliphatic hydroxyl groups is 1. The summed E-state index contributed by atoms with van der Waals surface area (Å²) in [4.78, 5) is 62.3. The molecule has 6 aromatic heterocycles. The highest BCUT2D eigenvalue weighted by molar-refractivity contribution is 7.16. The highest BCUT2D eigenvalue weighted by atomic mass is 32.1. The van der Waals surface area contributed by atoms with E-state index in [0.717, 1.165) is 127 Å². The Morgan fingerprint density at radius 3 is 2.49 bits per heavy atom. The number of nitrogens with zero attached hydrogens (tertiary/aromatic N) is 12. The number of amides is 3. The number of nitrogens with one attached hydrogen (secondary N) is 2. The van der Waals surface area contributed by atoms with Crippen LogP contribution in [0.4, 0.5) is 5.00 Å². The lowest BCUT2D eigenvalue weighted by atomic mass is 9.63. The number of thiazole rings is 1. The molecule has 2 aliphatic heterocycles. The number of likely N-dealkylation sites (tertiary alicyclic amines) is 2. The Morgan fingerprint density at radius 1 is 1.02 bits per heavy atom. The van der Waals surface area contributed by atoms with Crippen LogP contribution >= 0.6 is 22.7 Å². The first-order chi connectivity index (χ1) is 40.8. The fourth-order valence-electron chi connectivity index (χ4n) is 13.5. The fourth-order valence-corrected chi connectivity index (χ4v) is 15.5. The first-order valence-electron chi connectivity index (χ1n) is 29.9. The molecule has 3 amide bonds. The molecule has 12 rings (SSSR count). The van der Waals surface area contributed by atoms with Crippen molar-refractivity contribution >= 4 is 45.4 Å². The number of fused-ring (bicyclic) bond motifs is 4. The zero-order valence-corrected chi connectivity index (χ0v) is 51.1. The van der Waals surface area contributed by atoms with E-state index in [1.807, 2.05) is 90.5 Å². The third-order valence-corrected chi connectivity index (χ3v) is 20.0. The third kappa shape index (κ3) is 11.6. The van der Waals surface area contributed by atoms with Gasteiger partial charge in [-0.15, -0.1) is 27.8 Å². The predicted octanol–water partition coefficient (Wildman–Crippen LogP) is 8.35. The SMILES string of the molecule is Cc1ncsc1-c1ccc([C@H](C)NC(=O)[C@@H]2C[C@@H](O)CN2C(=O)[C@@H](n2cc(C3CCN(CC4(COc5cc(-n6ccc(CC(=O)NC(C)C)n6)nc(-c6noc7c6CCC[C@@]76CCCc7sc(N)c(C#N)c76)n5)CC4)CC3)nn2)C(C)(C)C)cc1. The zero-order chi connectivity index (χ0) is 59.5. The van der Waals surface area contributed by atoms with Gasteiger partial charge < -0.3 is 40.5 Å². The molecule has 21 nitrogen and oxygen atoms in total. The first kappa shape index (κ1) is 58.0. The van der Waals surface area contributed by atoms with E-state index in [2.05, 4.69) is 36.9 Å². The average Bonchev–Trinajstić information content (AvgIpc) is 1.74. The summed E-state index contributed by atoms with van der Waals surface area (Å²) >= 11 is 3.10. The Bertz CT molecular complexity index is 3660. The van der Waals surface area contributed by atoms with E-state index >= 15 is 0 Å². The van der Waals surface area contributed by atoms with Crippen LogP contribution in [-0.4, -0.2) is 128 Å². The number of nitrogen functional groups attached to an aromatic ring is 1. The summed E-state index contributed by atoms with van der Waals surface area (Å²) in [5.74, 6) is 1.38. The van der Waals surface area contributed by atoms with Gasteiger partial charge in [-0.2, -0.15) is 15.3 Å². The maximum Gasteiger partial charge on any atom is 0.248 e. The van der Waals surface area contributed by atoms with Gasteiger partial charge in [0.15, 0.2) is 23.1 Å². The molecule has 1 saturated carbocycles. The van der Waals surface area contributed by atoms with Gasteiger partial charge in [-0.05, 0) is 133 Å². The lowest BCUT2D eigenvalue weighted by Crippen LogP contribution is -2.50. The number of piperidine rings is 1. The molecule has 0 unspecified atom stereocenters. The molecule has 5 atom stereocenters. The largest absolute Gasteiger partial charge is 0.477 e. The van der Waals surface area contributed by atoms with E-state index in [9.17, 15) is 24.8 Å². The molecule has 3 aliphatic carbocycles. The standard InChI is InChI=1S/C62H75N15O6S2/c1-35(2)66-49(79)26-41-18-25-76(71-41)48-28-50(69-57(68-48)52-43-10-8-19-62(55(43)83-72-52)20-9-11-47-51(62)44(29-63)56(64)85-47)82-33-61(21-22-61)32-74-23-16-39(17-24-74)45-31-77(73-70-45)54(60(5,6)7)59(81)75-30-42(78)27-46(75)58(80)67-36(3)38-12-14-40(15-13-38)53-37(4)65-34-84-53/h12-15,18,25,28,31,34-36,39,42,46,54,78H,8-11,16-17,19-24,26-27,30,32-33,64H2,1-7H3,(H,66,79)(H,67,80)/t36-,42+,46-,54+,62-/m0/s1. The number of benzene rings is 1. The second kappa shape index (κ2) is 23.1. The van der Waals surface area contributed by atoms with Crippen molar-refractivity contribution in [2.24, 2.45) is 10.8 Å². The van der Waals surface area contributed by atoms with Gasteiger partial charge in [-0.3, -0.25) is 14.4 Å². The lowest BCUT2D eigenvalue weighted by Gasteiger charge is -2.39. The molecule has 0 bridgehead atoms. The van der Waals surface area contributed by atoms with E-state index in [1.54, 1.807) is 33.0 Å². The minimum absolute atomic E-state index is 0.000468. The zero-order valence-electron chi connectivity index (χ0n) is 49.4. The predicted molar refractivity (Wildman–Crippen MR) is 321 cm³/mol. The van der Waals surface area contributed by atoms with E-state index in [4.69, 9.17) is 35.2 Å². The van der Waals surface area contributed by atoms with Gasteiger partial charge in [0.25, 0.3) is 0 Å². The van der Waals surface area contributed by atoms with Crippen LogP contribution in [-0.2, 0) is 39.1 Å². The van der Waals surface area contributed by atoms with E-state index in [1.165, 1.54) is 16.2 Å². The normalized spacial score (nSPS) is 21.1. The Kier molecular flexibility index (Phi) is 15.8. The molecule has 5 N–H and O–H groups in total. The number of hydrogen-bond donors (Lipinski definition) is 4. The summed E-state index contributed by atoms with van der Waals surface area (Å²) < 4.78 is 16.4. The number of nitrogens with two attached hydrogens (primary N) is 1. The number of aryl methyl sites for hydroxylation is 2. The molecular formula is C62H75N15O6S2. The summed E-state index contributed by atoms with van der Waals surface area (Å²) in [6, 6.07) is 12.1. The summed E-state index contributed by atoms with van der Waals surface area (Å²) in [5.41, 5.74) is 14.5. The molecule has 7 aromatic rings. The van der Waals surface area contributed by atoms with E-state index in [-0.39, 0.29) is 60.5 Å². The molecule has 85 heavy (non-hydrogen) atoms. The summed E-state index contributed by atoms with van der Waals surface area (Å²) in [5, 5.41) is 46.6. The van der Waals surface area contributed by atoms with Crippen LogP contribution < -0.4 is 21.1 Å². The van der Waals surface area contributed by atoms with Crippen molar-refractivity contribution in [3.63, 3.8) is 0 Å². The number of carbonyl (C=O) groups excluding carboxylic acids is 3. The smallest absolute Gasteiger partial charge is 0.248 e. The topological polar surface area (TPSA) is 274 Å². The summed E-state index contributed by atoms with van der Waals surface area (Å²) in [6.07, 6.45) is 11.9. The van der Waals surface area contributed by atoms with Crippen LogP contribution in [0.15, 0.2) is 58.8 Å². The number of nitriles is 1. The number of β-amino-alcohol motifs (C(OH)–C–C–N with tert-alkyl or cyclic N) is 1. The Balaban J connectivity index is 0.712. The van der Waals surface area contributed by atoms with Crippen LogP contribution in [0, 0.1) is 29.1 Å². The number of hydrogen-bond acceptors (Lipinski definition) is 18. The number of rotatable bonds is 17. The molecule has 1 spiro atoms. The number of ether oxygens (including phenoxy) is 1. The van der Waals surface area contributed by atoms with Gasteiger partial charge >= 0.3 is 0 Å². The van der Waals surface area contributed by atoms with E-state index in [0.29, 0.717) is 52.5 Å². The molecule has 446 valence electrons. The third-order valence-electron chi connectivity index (χ3n) is 18.0. The molecule has 0 radical (unpaired) electrons. The molecular weight excluding hydrogens is 1110 g/mol. The molecule has 2 saturated heterocycles. The Hall–Kier alpha value is -7.39. The second-order valence-electron chi connectivity index (χ2n) is 25.7. The summed E-state index contributed by atoms with van der Waals surface area (Å²) in [6.45, 7) is 16.8. The van der Waals surface area contributed by atoms with Crippen LogP contribution in [0.1, 0.15) is 167 Å². The first-order valence-corrected chi connectivity index (χ1v) is 31.6. The highest BCUT2D eigenvalue weighted by Gasteiger charge is 2.50. The van der Waals surface area contributed by atoms with Gasteiger partial charge in [0.05, 0.1) is 63.6 Å². The molecule has 8 heterocycles. The highest BCUT2D eigenvalue weighted by Crippen LogP contribution is 2.55. The minimum Gasteiger partial charge on any atom is -0.477 e. The fraction of sp³-hybridized carbons (Fsp3) is 0.532. The van der Waals surface area contributed by atoms with Gasteiger partial charge in [0, 0.05) is 65.8 Å². The van der Waals surface area contributed by atoms with Gasteiger partial charge in [-0.25, -0.2) is 19.3 Å². The maximum absolute atomic E-state index is 14.8. The van der Waals surface area contributed by atoms with Crippen molar-refractivity contribution < 1.29 is 28.8 Å². The van der Waals surface area contributed by atoms with Crippen molar-refractivity contribution in [2.75, 3.05) is 38.5 Å². The number of thiophene rings is 1. The number of aromatic nitrogens is 9. The quantitative estimate of drug-likeness (QED) is 0.0667. The van der Waals surface area contributed by atoms with Crippen molar-refractivity contribution in [2.45, 2.75) is 167 Å². The number of anilines is 1. The number of carbonyl (C=O) groups is 3. The Labute approximate surface area is 502 Å². The van der Waals surface area contributed by atoms with Crippen LogP contribution in [0.5, 0.6) is 5.88 Å². The van der Waals surface area contributed by atoms with E-state index < -0.39 is 29.0 Å². The monoisotopic (exact) mass is 1190 g/mol. The van der Waals surface area contributed by atoms with Gasteiger partial charge in [0.2, 0.25) is 23.6 Å². The van der Waals surface area contributed by atoms with Gasteiger partial charge in [-0.1, -0.05) is 55.4 Å². The molecule has 5 aliphatic rings. The maximum atomic E-state index is 14.8. The van der Waals surface area contributed by atoms with Crippen LogP contribution in [0.3, 0.4) is 0 Å². The minimum atomic E-state index is -0.846. The van der Waals surface area contributed by atoms with Crippen molar-refractivity contribution in [1.29, 1.82) is 5.26 Å². The number of aliphatic hydroxyl groups excluding tert-OH is 1. The average molecular weight is 1190 g/mol. The summed E-state index contributed by atoms with van der Waals surface area (Å²) in [7, 11) is 0. The van der Waals surface area contributed by atoms with Gasteiger partial charge in [0.1, 0.15) is 23.2 Å². The van der Waals surface area contributed by atoms with Crippen molar-refractivity contribution in [3.05, 3.63) is 104 Å². The second-order valence-corrected chi connectivity index (χ2v) is 27.7. The molecule has 23 heteroatoms. The van der Waals surface area contributed by atoms with Crippen LogP contribution in [0.25, 0.3) is 27.8 Å².